The third-order valence-electron chi connectivity index (χ3n) is 5.36. The van der Waals surface area contributed by atoms with Crippen LogP contribution in [-0.4, -0.2) is 24.6 Å². The first-order chi connectivity index (χ1) is 17.3. The van der Waals surface area contributed by atoms with Crippen LogP contribution in [0, 0.1) is 0 Å². The van der Waals surface area contributed by atoms with E-state index in [9.17, 15) is 14.4 Å². The van der Waals surface area contributed by atoms with E-state index in [0.29, 0.717) is 37.3 Å². The topological polar surface area (TPSA) is 94.2 Å². The average Bonchev–Trinajstić information content (AvgIpc) is 3.31. The number of hydrogen-bond acceptors (Lipinski definition) is 6. The number of halogens is 3. The molecule has 11 heteroatoms. The summed E-state index contributed by atoms with van der Waals surface area (Å²) in [6, 6.07) is 14.1. The number of barbiturate groups is 1. The molecule has 182 valence electrons. The van der Waals surface area contributed by atoms with E-state index in [2.05, 4.69) is 21.2 Å². The van der Waals surface area contributed by atoms with Gasteiger partial charge in [-0.25, -0.2) is 9.69 Å². The molecule has 8 nitrogen and oxygen atoms in total. The highest BCUT2D eigenvalue weighted by molar-refractivity contribution is 9.10. The number of nitrogens with one attached hydrogen (secondary N) is 1. The Morgan fingerprint density at radius 3 is 2.56 bits per heavy atom. The minimum Gasteiger partial charge on any atom is -0.488 e. The molecule has 3 aromatic carbocycles. The SMILES string of the molecule is O=C1NC(=O)N(c2ccc3c(c2)OCO3)C(=O)/C1=C/c1ccc(OCc2ccc(Cl)c(Cl)c2)c(Br)c1. The number of fused-ring (bicyclic) bond motifs is 1. The molecule has 0 spiro atoms. The lowest BCUT2D eigenvalue weighted by atomic mass is 10.1. The van der Waals surface area contributed by atoms with Gasteiger partial charge in [0.2, 0.25) is 6.79 Å². The van der Waals surface area contributed by atoms with Crippen LogP contribution in [0.25, 0.3) is 6.08 Å². The largest absolute Gasteiger partial charge is 0.488 e. The van der Waals surface area contributed by atoms with E-state index < -0.39 is 17.8 Å². The molecule has 0 unspecified atom stereocenters. The maximum absolute atomic E-state index is 13.2. The number of urea groups is 1. The predicted molar refractivity (Wildman–Crippen MR) is 137 cm³/mol. The van der Waals surface area contributed by atoms with Gasteiger partial charge in [0, 0.05) is 6.07 Å². The van der Waals surface area contributed by atoms with Crippen molar-refractivity contribution in [2.45, 2.75) is 6.61 Å². The third kappa shape index (κ3) is 4.77. The van der Waals surface area contributed by atoms with E-state index in [1.54, 1.807) is 42.5 Å². The maximum Gasteiger partial charge on any atom is 0.335 e. The minimum absolute atomic E-state index is 0.0462. The number of rotatable bonds is 5. The van der Waals surface area contributed by atoms with Gasteiger partial charge in [0.15, 0.2) is 11.5 Å². The summed E-state index contributed by atoms with van der Waals surface area (Å²) in [7, 11) is 0. The second kappa shape index (κ2) is 9.85. The monoisotopic (exact) mass is 588 g/mol. The molecule has 3 aromatic rings. The van der Waals surface area contributed by atoms with Gasteiger partial charge >= 0.3 is 6.03 Å². The molecule has 2 aliphatic heterocycles. The van der Waals surface area contributed by atoms with Gasteiger partial charge < -0.3 is 14.2 Å². The van der Waals surface area contributed by atoms with E-state index in [4.69, 9.17) is 37.4 Å². The molecule has 0 atom stereocenters. The van der Waals surface area contributed by atoms with Crippen LogP contribution in [0.15, 0.2) is 64.6 Å². The zero-order valence-corrected chi connectivity index (χ0v) is 21.3. The molecule has 1 saturated heterocycles. The highest BCUT2D eigenvalue weighted by Crippen LogP contribution is 2.36. The van der Waals surface area contributed by atoms with Gasteiger partial charge in [-0.15, -0.1) is 0 Å². The van der Waals surface area contributed by atoms with Gasteiger partial charge in [-0.3, -0.25) is 14.9 Å². The van der Waals surface area contributed by atoms with Crippen LogP contribution in [0.4, 0.5) is 10.5 Å². The molecule has 0 saturated carbocycles. The Kier molecular flexibility index (Phi) is 6.61. The summed E-state index contributed by atoms with van der Waals surface area (Å²) >= 11 is 15.4. The molecule has 0 aromatic heterocycles. The molecule has 5 rings (SSSR count). The van der Waals surface area contributed by atoms with Gasteiger partial charge in [0.25, 0.3) is 11.8 Å². The number of hydrogen-bond donors (Lipinski definition) is 1. The summed E-state index contributed by atoms with van der Waals surface area (Å²) in [5.41, 5.74) is 1.42. The van der Waals surface area contributed by atoms with E-state index in [-0.39, 0.29) is 24.7 Å². The zero-order chi connectivity index (χ0) is 25.4. The quantitative estimate of drug-likeness (QED) is 0.302. The summed E-state index contributed by atoms with van der Waals surface area (Å²) < 4.78 is 17.0. The van der Waals surface area contributed by atoms with Crippen molar-refractivity contribution in [2.75, 3.05) is 11.7 Å². The van der Waals surface area contributed by atoms with E-state index in [1.165, 1.54) is 18.2 Å². The van der Waals surface area contributed by atoms with Crippen LogP contribution >= 0.6 is 39.1 Å². The van der Waals surface area contributed by atoms with E-state index >= 15 is 0 Å². The number of amides is 4. The number of benzene rings is 3. The van der Waals surface area contributed by atoms with Crippen LogP contribution < -0.4 is 24.4 Å². The fraction of sp³-hybridized carbons (Fsp3) is 0.0800. The first-order valence-corrected chi connectivity index (χ1v) is 12.0. The Hall–Kier alpha value is -3.53. The smallest absolute Gasteiger partial charge is 0.335 e. The van der Waals surface area contributed by atoms with E-state index in [1.807, 2.05) is 0 Å². The molecular weight excluding hydrogens is 575 g/mol. The lowest BCUT2D eigenvalue weighted by molar-refractivity contribution is -0.122. The van der Waals surface area contributed by atoms with Crippen LogP contribution in [-0.2, 0) is 16.2 Å². The first-order valence-electron chi connectivity index (χ1n) is 10.5. The van der Waals surface area contributed by atoms with Gasteiger partial charge in [-0.05, 0) is 69.5 Å². The fourth-order valence-corrected chi connectivity index (χ4v) is 4.43. The Morgan fingerprint density at radius 1 is 0.972 bits per heavy atom. The van der Waals surface area contributed by atoms with E-state index in [0.717, 1.165) is 10.5 Å². The molecule has 2 aliphatic rings. The van der Waals surface area contributed by atoms with Crippen LogP contribution in [0.2, 0.25) is 10.0 Å². The summed E-state index contributed by atoms with van der Waals surface area (Å²) in [5, 5.41) is 3.09. The van der Waals surface area contributed by atoms with Crippen molar-refractivity contribution in [1.29, 1.82) is 0 Å². The summed E-state index contributed by atoms with van der Waals surface area (Å²) in [5.74, 6) is -0.116. The Labute approximate surface area is 223 Å². The van der Waals surface area contributed by atoms with Crippen molar-refractivity contribution >= 4 is 68.7 Å². The van der Waals surface area contributed by atoms with Crippen LogP contribution in [0.1, 0.15) is 11.1 Å². The average molecular weight is 590 g/mol. The number of anilines is 1. The molecule has 1 N–H and O–H groups in total. The fourth-order valence-electron chi connectivity index (χ4n) is 3.60. The molecule has 0 radical (unpaired) electrons. The molecule has 36 heavy (non-hydrogen) atoms. The standard InChI is InChI=1S/C25H15BrCl2N2O6/c26-17-8-13(2-5-20(17)34-11-14-1-4-18(27)19(28)9-14)7-16-23(31)29-25(33)30(24(16)32)15-3-6-21-22(10-15)36-12-35-21/h1-10H,11-12H2,(H,29,31,33)/b16-7+. The molecular formula is C25H15BrCl2N2O6. The Balaban J connectivity index is 1.36. The maximum atomic E-state index is 13.2. The molecule has 2 heterocycles. The predicted octanol–water partition coefficient (Wildman–Crippen LogP) is 5.73. The van der Waals surface area contributed by atoms with Crippen molar-refractivity contribution in [3.63, 3.8) is 0 Å². The normalized spacial score (nSPS) is 15.9. The summed E-state index contributed by atoms with van der Waals surface area (Å²) in [6.45, 7) is 0.300. The van der Waals surface area contributed by atoms with Crippen molar-refractivity contribution in [2.24, 2.45) is 0 Å². The lowest BCUT2D eigenvalue weighted by Crippen LogP contribution is -2.54. The molecule has 0 aliphatic carbocycles. The number of nitrogens with zero attached hydrogens (tertiary/aromatic N) is 1. The van der Waals surface area contributed by atoms with Crippen LogP contribution in [0.3, 0.4) is 0 Å². The Morgan fingerprint density at radius 2 is 1.78 bits per heavy atom. The second-order valence-electron chi connectivity index (χ2n) is 7.72. The van der Waals surface area contributed by atoms with Crippen molar-refractivity contribution < 1.29 is 28.6 Å². The molecule has 1 fully saturated rings. The van der Waals surface area contributed by atoms with Gasteiger partial charge in [0.1, 0.15) is 17.9 Å². The summed E-state index contributed by atoms with van der Waals surface area (Å²) in [4.78, 5) is 39.0. The van der Waals surface area contributed by atoms with Gasteiger partial charge in [-0.1, -0.05) is 35.3 Å². The van der Waals surface area contributed by atoms with Gasteiger partial charge in [0.05, 0.1) is 20.2 Å². The van der Waals surface area contributed by atoms with Crippen molar-refractivity contribution in [1.82, 2.24) is 5.32 Å². The Bertz CT molecular complexity index is 1460. The van der Waals surface area contributed by atoms with Crippen LogP contribution in [0.5, 0.6) is 17.2 Å². The molecule has 0 bridgehead atoms. The third-order valence-corrected chi connectivity index (χ3v) is 6.72. The molecule has 4 amide bonds. The number of carbonyl (C=O) groups is 3. The summed E-state index contributed by atoms with van der Waals surface area (Å²) in [6.07, 6.45) is 1.40. The van der Waals surface area contributed by atoms with Gasteiger partial charge in [-0.2, -0.15) is 0 Å². The number of ether oxygens (including phenoxy) is 3. The van der Waals surface area contributed by atoms with Crippen molar-refractivity contribution in [3.05, 3.63) is 85.8 Å². The van der Waals surface area contributed by atoms with Crippen molar-refractivity contribution in [3.8, 4) is 17.2 Å². The minimum atomic E-state index is -0.853. The first kappa shape index (κ1) is 24.2. The number of imide groups is 2. The lowest BCUT2D eigenvalue weighted by Gasteiger charge is -2.26. The zero-order valence-electron chi connectivity index (χ0n) is 18.2. The number of carbonyl (C=O) groups excluding carboxylic acids is 3. The second-order valence-corrected chi connectivity index (χ2v) is 9.39. The highest BCUT2D eigenvalue weighted by Gasteiger charge is 2.37. The highest BCUT2D eigenvalue weighted by atomic mass is 79.9.